The second-order valence-corrected chi connectivity index (χ2v) is 10.9. The maximum Gasteiger partial charge on any atom is 0.408 e. The van der Waals surface area contributed by atoms with Crippen molar-refractivity contribution in [3.63, 3.8) is 0 Å². The van der Waals surface area contributed by atoms with Gasteiger partial charge in [-0.05, 0) is 70.6 Å². The van der Waals surface area contributed by atoms with Gasteiger partial charge in [0.05, 0.1) is 13.0 Å². The number of amides is 3. The first-order valence-corrected chi connectivity index (χ1v) is 13.3. The quantitative estimate of drug-likeness (QED) is 0.295. The number of nitrogens with one attached hydrogen (secondary N) is 2. The van der Waals surface area contributed by atoms with Gasteiger partial charge in [-0.3, -0.25) is 14.4 Å². The molecule has 206 valence electrons. The van der Waals surface area contributed by atoms with Crippen molar-refractivity contribution in [2.24, 2.45) is 5.92 Å². The summed E-state index contributed by atoms with van der Waals surface area (Å²) in [5.41, 5.74) is 1.96. The zero-order valence-electron chi connectivity index (χ0n) is 22.9. The van der Waals surface area contributed by atoms with Crippen LogP contribution in [0.25, 0.3) is 0 Å². The van der Waals surface area contributed by atoms with Crippen molar-refractivity contribution in [2.75, 3.05) is 18.9 Å². The van der Waals surface area contributed by atoms with Gasteiger partial charge < -0.3 is 25.0 Å². The molecule has 0 radical (unpaired) electrons. The minimum atomic E-state index is -0.993. The fourth-order valence-corrected chi connectivity index (χ4v) is 4.23. The molecule has 4 atom stereocenters. The lowest BCUT2D eigenvalue weighted by Crippen LogP contribution is -2.54. The topological polar surface area (TPSA) is 114 Å². The summed E-state index contributed by atoms with van der Waals surface area (Å²) in [6.07, 6.45) is 0.0202. The summed E-state index contributed by atoms with van der Waals surface area (Å²) in [6, 6.07) is 3.52. The molecule has 1 aliphatic rings. The minimum Gasteiger partial charge on any atom is -0.466 e. The first kappa shape index (κ1) is 30.5. The molecule has 0 saturated heterocycles. The monoisotopic (exact) mass is 535 g/mol. The van der Waals surface area contributed by atoms with Crippen LogP contribution in [0, 0.1) is 19.8 Å². The van der Waals surface area contributed by atoms with E-state index in [1.54, 1.807) is 32.6 Å². The van der Waals surface area contributed by atoms with Crippen molar-refractivity contribution in [1.82, 2.24) is 15.5 Å². The number of hydrogen-bond acceptors (Lipinski definition) is 7. The molecule has 2 rings (SSSR count). The standard InChI is InChI=1S/C27H41N3O6S/c1-8-35-22(31)11-12-28-24(32)23(19-10-9-16(2)17(3)13-19)30(21-14-18(21)4)25(33)20(15-37)29-26(34)36-27(5,6)7/h9-10,13,18,20-21,23,37H,8,11-12,14-15H2,1-7H3,(H,28,32)(H,29,34). The number of benzene rings is 1. The van der Waals surface area contributed by atoms with E-state index in [9.17, 15) is 19.2 Å². The molecular formula is C27H41N3O6S. The van der Waals surface area contributed by atoms with Crippen LogP contribution < -0.4 is 10.6 Å². The lowest BCUT2D eigenvalue weighted by Gasteiger charge is -2.35. The molecule has 4 unspecified atom stereocenters. The van der Waals surface area contributed by atoms with Crippen LogP contribution in [0.15, 0.2) is 18.2 Å². The molecule has 10 heteroatoms. The van der Waals surface area contributed by atoms with Gasteiger partial charge in [0.2, 0.25) is 11.8 Å². The Morgan fingerprint density at radius 3 is 2.32 bits per heavy atom. The Morgan fingerprint density at radius 1 is 1.16 bits per heavy atom. The molecule has 9 nitrogen and oxygen atoms in total. The summed E-state index contributed by atoms with van der Waals surface area (Å²) in [7, 11) is 0. The number of nitrogens with zero attached hydrogens (tertiary/aromatic N) is 1. The van der Waals surface area contributed by atoms with Gasteiger partial charge in [0.15, 0.2) is 0 Å². The fourth-order valence-electron chi connectivity index (χ4n) is 3.98. The van der Waals surface area contributed by atoms with E-state index in [2.05, 4.69) is 23.3 Å². The number of carbonyl (C=O) groups excluding carboxylic acids is 4. The zero-order valence-corrected chi connectivity index (χ0v) is 23.8. The summed E-state index contributed by atoms with van der Waals surface area (Å²) < 4.78 is 10.3. The largest absolute Gasteiger partial charge is 0.466 e. The summed E-state index contributed by atoms with van der Waals surface area (Å²) in [5.74, 6) is -1.02. The number of thiol groups is 1. The van der Waals surface area contributed by atoms with Crippen LogP contribution >= 0.6 is 12.6 Å². The van der Waals surface area contributed by atoms with Gasteiger partial charge >= 0.3 is 12.1 Å². The van der Waals surface area contributed by atoms with E-state index in [0.717, 1.165) is 17.5 Å². The molecule has 2 N–H and O–H groups in total. The summed E-state index contributed by atoms with van der Waals surface area (Å²) in [4.78, 5) is 53.3. The highest BCUT2D eigenvalue weighted by Crippen LogP contribution is 2.41. The number of esters is 1. The highest BCUT2D eigenvalue weighted by Gasteiger charge is 2.48. The first-order chi connectivity index (χ1) is 17.3. The van der Waals surface area contributed by atoms with Crippen LogP contribution in [0.2, 0.25) is 0 Å². The van der Waals surface area contributed by atoms with Crippen LogP contribution in [0.4, 0.5) is 4.79 Å². The average molecular weight is 536 g/mol. The summed E-state index contributed by atoms with van der Waals surface area (Å²) in [6.45, 7) is 13.2. The van der Waals surface area contributed by atoms with Gasteiger partial charge in [-0.1, -0.05) is 25.1 Å². The van der Waals surface area contributed by atoms with Crippen molar-refractivity contribution in [3.05, 3.63) is 34.9 Å². The van der Waals surface area contributed by atoms with Gasteiger partial charge in [-0.25, -0.2) is 4.79 Å². The van der Waals surface area contributed by atoms with Gasteiger partial charge in [-0.15, -0.1) is 0 Å². The molecule has 1 aromatic carbocycles. The molecule has 3 amide bonds. The fraction of sp³-hybridized carbons (Fsp3) is 0.630. The number of carbonyl (C=O) groups is 4. The second kappa shape index (κ2) is 13.2. The predicted molar refractivity (Wildman–Crippen MR) is 144 cm³/mol. The van der Waals surface area contributed by atoms with Gasteiger partial charge in [0, 0.05) is 18.3 Å². The van der Waals surface area contributed by atoms with E-state index >= 15 is 0 Å². The smallest absolute Gasteiger partial charge is 0.408 e. The maximum absolute atomic E-state index is 13.9. The average Bonchev–Trinajstić information content (AvgIpc) is 3.51. The highest BCUT2D eigenvalue weighted by atomic mass is 32.1. The molecule has 1 aromatic rings. The Morgan fingerprint density at radius 2 is 1.81 bits per heavy atom. The number of ether oxygens (including phenoxy) is 2. The number of alkyl carbamates (subject to hydrolysis) is 1. The van der Waals surface area contributed by atoms with Crippen molar-refractivity contribution < 1.29 is 28.7 Å². The first-order valence-electron chi connectivity index (χ1n) is 12.7. The van der Waals surface area contributed by atoms with Crippen molar-refractivity contribution in [2.45, 2.75) is 85.0 Å². The van der Waals surface area contributed by atoms with Crippen LogP contribution in [-0.2, 0) is 23.9 Å². The van der Waals surface area contributed by atoms with Crippen LogP contribution in [0.3, 0.4) is 0 Å². The third-order valence-corrected chi connectivity index (χ3v) is 6.52. The normalized spacial score (nSPS) is 18.3. The lowest BCUT2D eigenvalue weighted by atomic mass is 9.98. The third kappa shape index (κ3) is 8.94. The van der Waals surface area contributed by atoms with E-state index in [-0.39, 0.29) is 37.3 Å². The SMILES string of the molecule is CCOC(=O)CCNC(=O)C(c1ccc(C)c(C)c1)N(C(=O)C(CS)NC(=O)OC(C)(C)C)C1CC1C. The second-order valence-electron chi connectivity index (χ2n) is 10.5. The van der Waals surface area contributed by atoms with E-state index in [0.29, 0.717) is 5.56 Å². The molecule has 0 heterocycles. The van der Waals surface area contributed by atoms with Crippen LogP contribution in [-0.4, -0.2) is 65.4 Å². The van der Waals surface area contributed by atoms with E-state index < -0.39 is 41.6 Å². The Bertz CT molecular complexity index is 993. The molecule has 0 spiro atoms. The van der Waals surface area contributed by atoms with E-state index in [4.69, 9.17) is 9.47 Å². The number of hydrogen-bond donors (Lipinski definition) is 3. The Labute approximate surface area is 225 Å². The zero-order chi connectivity index (χ0) is 27.9. The van der Waals surface area contributed by atoms with Crippen molar-refractivity contribution in [3.8, 4) is 0 Å². The Hall–Kier alpha value is -2.75. The summed E-state index contributed by atoms with van der Waals surface area (Å²) in [5, 5.41) is 5.42. The molecule has 37 heavy (non-hydrogen) atoms. The van der Waals surface area contributed by atoms with E-state index in [1.165, 1.54) is 0 Å². The van der Waals surface area contributed by atoms with Gasteiger partial charge in [0.25, 0.3) is 0 Å². The number of rotatable bonds is 11. The Kier molecular flexibility index (Phi) is 10.8. The summed E-state index contributed by atoms with van der Waals surface area (Å²) >= 11 is 4.31. The van der Waals surface area contributed by atoms with Gasteiger partial charge in [0.1, 0.15) is 17.7 Å². The minimum absolute atomic E-state index is 0.0203. The molecule has 1 aliphatic carbocycles. The van der Waals surface area contributed by atoms with Crippen LogP contribution in [0.1, 0.15) is 70.2 Å². The lowest BCUT2D eigenvalue weighted by molar-refractivity contribution is -0.144. The predicted octanol–water partition coefficient (Wildman–Crippen LogP) is 3.47. The molecule has 0 aromatic heterocycles. The van der Waals surface area contributed by atoms with Crippen molar-refractivity contribution >= 4 is 36.5 Å². The molecule has 1 fully saturated rings. The van der Waals surface area contributed by atoms with Crippen LogP contribution in [0.5, 0.6) is 0 Å². The molecular weight excluding hydrogens is 494 g/mol. The molecule has 1 saturated carbocycles. The molecule has 0 aliphatic heterocycles. The highest BCUT2D eigenvalue weighted by molar-refractivity contribution is 7.80. The Balaban J connectivity index is 2.39. The number of aryl methyl sites for hydroxylation is 2. The van der Waals surface area contributed by atoms with Crippen molar-refractivity contribution in [1.29, 1.82) is 0 Å². The third-order valence-electron chi connectivity index (χ3n) is 6.16. The maximum atomic E-state index is 13.9. The van der Waals surface area contributed by atoms with E-state index in [1.807, 2.05) is 39.0 Å². The molecule has 0 bridgehead atoms. The van der Waals surface area contributed by atoms with Gasteiger partial charge in [-0.2, -0.15) is 12.6 Å².